The molecule has 0 aliphatic carbocycles. The molecule has 0 unspecified atom stereocenters. The molecule has 0 atom stereocenters. The lowest BCUT2D eigenvalue weighted by Crippen LogP contribution is -2.24. The van der Waals surface area contributed by atoms with Crippen LogP contribution >= 0.6 is 27.5 Å². The molecule has 0 saturated carbocycles. The molecule has 0 aliphatic rings. The summed E-state index contributed by atoms with van der Waals surface area (Å²) in [5.41, 5.74) is -0.355. The molecule has 0 aromatic heterocycles. The summed E-state index contributed by atoms with van der Waals surface area (Å²) in [6.45, 7) is 0. The van der Waals surface area contributed by atoms with E-state index < -0.39 is 16.0 Å². The van der Waals surface area contributed by atoms with Gasteiger partial charge in [0, 0.05) is 18.6 Å². The lowest BCUT2D eigenvalue weighted by atomic mass is 10.2. The Balaban J connectivity index is 3.64. The van der Waals surface area contributed by atoms with Crippen LogP contribution in [0.15, 0.2) is 21.5 Å². The van der Waals surface area contributed by atoms with E-state index in [4.69, 9.17) is 16.7 Å². The van der Waals surface area contributed by atoms with Gasteiger partial charge in [0.1, 0.15) is 0 Å². The van der Waals surface area contributed by atoms with Gasteiger partial charge in [-0.1, -0.05) is 11.6 Å². The molecule has 0 fully saturated rings. The highest BCUT2D eigenvalue weighted by atomic mass is 79.9. The molecule has 0 aliphatic heterocycles. The van der Waals surface area contributed by atoms with Crippen LogP contribution in [0.2, 0.25) is 5.02 Å². The maximum absolute atomic E-state index is 11.9. The van der Waals surface area contributed by atoms with Crippen molar-refractivity contribution in [2.75, 3.05) is 14.1 Å². The molecule has 1 aromatic carbocycles. The summed E-state index contributed by atoms with van der Waals surface area (Å²) in [6.07, 6.45) is 0. The molecule has 0 bridgehead atoms. The maximum Gasteiger partial charge on any atom is 0.337 e. The van der Waals surface area contributed by atoms with E-state index >= 15 is 0 Å². The van der Waals surface area contributed by atoms with Gasteiger partial charge in [0.05, 0.1) is 15.5 Å². The largest absolute Gasteiger partial charge is 0.478 e. The van der Waals surface area contributed by atoms with Crippen LogP contribution in [0.5, 0.6) is 0 Å². The van der Waals surface area contributed by atoms with Crippen LogP contribution in [-0.2, 0) is 10.0 Å². The zero-order valence-electron chi connectivity index (χ0n) is 8.94. The second-order valence-corrected chi connectivity index (χ2v) is 6.74. The Morgan fingerprint density at radius 1 is 1.41 bits per heavy atom. The number of rotatable bonds is 3. The first-order chi connectivity index (χ1) is 7.67. The van der Waals surface area contributed by atoms with Crippen LogP contribution in [0.25, 0.3) is 0 Å². The number of hydrogen-bond acceptors (Lipinski definition) is 3. The van der Waals surface area contributed by atoms with Crippen molar-refractivity contribution in [2.24, 2.45) is 0 Å². The van der Waals surface area contributed by atoms with Crippen molar-refractivity contribution in [1.29, 1.82) is 0 Å². The Hall–Kier alpha value is -0.630. The second-order valence-electron chi connectivity index (χ2n) is 3.36. The molecule has 1 N–H and O–H groups in total. The second kappa shape index (κ2) is 4.93. The Morgan fingerprint density at radius 3 is 2.35 bits per heavy atom. The van der Waals surface area contributed by atoms with E-state index in [9.17, 15) is 13.2 Å². The molecule has 0 saturated heterocycles. The number of carboxylic acids is 1. The van der Waals surface area contributed by atoms with Crippen molar-refractivity contribution >= 4 is 43.5 Å². The van der Waals surface area contributed by atoms with Gasteiger partial charge in [-0.25, -0.2) is 17.5 Å². The zero-order valence-corrected chi connectivity index (χ0v) is 12.1. The van der Waals surface area contributed by atoms with Gasteiger partial charge in [-0.3, -0.25) is 0 Å². The number of benzene rings is 1. The third-order valence-electron chi connectivity index (χ3n) is 2.01. The van der Waals surface area contributed by atoms with Crippen molar-refractivity contribution in [3.8, 4) is 0 Å². The van der Waals surface area contributed by atoms with E-state index in [1.165, 1.54) is 20.2 Å². The monoisotopic (exact) mass is 341 g/mol. The predicted octanol–water partition coefficient (Wildman–Crippen LogP) is 2.05. The quantitative estimate of drug-likeness (QED) is 0.912. The van der Waals surface area contributed by atoms with E-state index in [0.29, 0.717) is 4.47 Å². The number of sulfonamides is 1. The van der Waals surface area contributed by atoms with Gasteiger partial charge < -0.3 is 5.11 Å². The van der Waals surface area contributed by atoms with E-state index in [0.717, 1.165) is 10.4 Å². The SMILES string of the molecule is CN(C)S(=O)(=O)c1cc(Br)c(Cl)cc1C(=O)O. The minimum Gasteiger partial charge on any atom is -0.478 e. The first-order valence-electron chi connectivity index (χ1n) is 4.32. The maximum atomic E-state index is 11.9. The fourth-order valence-electron chi connectivity index (χ4n) is 1.11. The molecule has 5 nitrogen and oxygen atoms in total. The highest BCUT2D eigenvalue weighted by Crippen LogP contribution is 2.30. The third kappa shape index (κ3) is 2.79. The molecule has 8 heteroatoms. The summed E-state index contributed by atoms with van der Waals surface area (Å²) >= 11 is 8.80. The van der Waals surface area contributed by atoms with Gasteiger partial charge in [-0.15, -0.1) is 0 Å². The summed E-state index contributed by atoms with van der Waals surface area (Å²) in [6, 6.07) is 2.28. The Morgan fingerprint density at radius 2 is 1.94 bits per heavy atom. The number of nitrogens with zero attached hydrogens (tertiary/aromatic N) is 1. The van der Waals surface area contributed by atoms with Gasteiger partial charge in [-0.05, 0) is 28.1 Å². The van der Waals surface area contributed by atoms with Crippen molar-refractivity contribution in [3.05, 3.63) is 27.2 Å². The summed E-state index contributed by atoms with van der Waals surface area (Å²) in [7, 11) is -1.18. The van der Waals surface area contributed by atoms with Crippen LogP contribution in [-0.4, -0.2) is 37.9 Å². The number of halogens is 2. The standard InChI is InChI=1S/C9H9BrClNO4S/c1-12(2)17(15,16)8-4-6(10)7(11)3-5(8)9(13)14/h3-4H,1-2H3,(H,13,14). The first-order valence-corrected chi connectivity index (χ1v) is 6.94. The van der Waals surface area contributed by atoms with Crippen LogP contribution in [0.3, 0.4) is 0 Å². The van der Waals surface area contributed by atoms with Crippen molar-refractivity contribution in [3.63, 3.8) is 0 Å². The topological polar surface area (TPSA) is 74.7 Å². The van der Waals surface area contributed by atoms with Crippen LogP contribution in [0.1, 0.15) is 10.4 Å². The molecule has 0 amide bonds. The Bertz CT molecular complexity index is 571. The van der Waals surface area contributed by atoms with Crippen molar-refractivity contribution < 1.29 is 18.3 Å². The molecule has 1 rings (SSSR count). The van der Waals surface area contributed by atoms with Gasteiger partial charge in [-0.2, -0.15) is 0 Å². The van der Waals surface area contributed by atoms with Crippen molar-refractivity contribution in [2.45, 2.75) is 4.90 Å². The van der Waals surface area contributed by atoms with E-state index in [1.54, 1.807) is 0 Å². The predicted molar refractivity (Wildman–Crippen MR) is 67.0 cm³/mol. The summed E-state index contributed by atoms with van der Waals surface area (Å²) in [4.78, 5) is 10.7. The molecule has 94 valence electrons. The average molecular weight is 343 g/mol. The van der Waals surface area contributed by atoms with Crippen molar-refractivity contribution in [1.82, 2.24) is 4.31 Å². The highest BCUT2D eigenvalue weighted by molar-refractivity contribution is 9.10. The summed E-state index contributed by atoms with van der Waals surface area (Å²) < 4.78 is 25.1. The zero-order chi connectivity index (χ0) is 13.4. The van der Waals surface area contributed by atoms with E-state index in [1.807, 2.05) is 0 Å². The molecule has 1 aromatic rings. The fraction of sp³-hybridized carbons (Fsp3) is 0.222. The molecular formula is C9H9BrClNO4S. The van der Waals surface area contributed by atoms with Crippen LogP contribution in [0.4, 0.5) is 0 Å². The number of aromatic carboxylic acids is 1. The lowest BCUT2D eigenvalue weighted by Gasteiger charge is -2.14. The van der Waals surface area contributed by atoms with E-state index in [2.05, 4.69) is 15.9 Å². The molecule has 17 heavy (non-hydrogen) atoms. The van der Waals surface area contributed by atoms with Crippen LogP contribution in [0, 0.1) is 0 Å². The highest BCUT2D eigenvalue weighted by Gasteiger charge is 2.25. The smallest absolute Gasteiger partial charge is 0.337 e. The lowest BCUT2D eigenvalue weighted by molar-refractivity contribution is 0.0692. The fourth-order valence-corrected chi connectivity index (χ4v) is 2.85. The molecule has 0 heterocycles. The van der Waals surface area contributed by atoms with Gasteiger partial charge >= 0.3 is 5.97 Å². The molecule has 0 radical (unpaired) electrons. The third-order valence-corrected chi connectivity index (χ3v) is 5.06. The average Bonchev–Trinajstić information content (AvgIpc) is 2.20. The normalized spacial score (nSPS) is 11.8. The molecule has 0 spiro atoms. The molecular weight excluding hydrogens is 334 g/mol. The Kier molecular flexibility index (Phi) is 4.19. The van der Waals surface area contributed by atoms with Gasteiger partial charge in [0.2, 0.25) is 10.0 Å². The van der Waals surface area contributed by atoms with E-state index in [-0.39, 0.29) is 15.5 Å². The minimum atomic E-state index is -3.83. The van der Waals surface area contributed by atoms with Crippen LogP contribution < -0.4 is 0 Å². The number of hydrogen-bond donors (Lipinski definition) is 1. The van der Waals surface area contributed by atoms with Gasteiger partial charge in [0.15, 0.2) is 0 Å². The first kappa shape index (κ1) is 14.4. The number of carbonyl (C=O) groups is 1. The Labute approximate surface area is 112 Å². The van der Waals surface area contributed by atoms with Gasteiger partial charge in [0.25, 0.3) is 0 Å². The minimum absolute atomic E-state index is 0.139. The summed E-state index contributed by atoms with van der Waals surface area (Å²) in [5.74, 6) is -1.35. The number of carboxylic acid groups (broad SMARTS) is 1. The summed E-state index contributed by atoms with van der Waals surface area (Å²) in [5, 5.41) is 9.11.